The molecule has 0 aliphatic rings. The van der Waals surface area contributed by atoms with Crippen LogP contribution in [0.5, 0.6) is 0 Å². The molecule has 4 heteroatoms. The molecular formula is C13H20N4. The minimum Gasteiger partial charge on any atom is -0.286 e. The summed E-state index contributed by atoms with van der Waals surface area (Å²) in [6.45, 7) is 12.9. The highest BCUT2D eigenvalue weighted by molar-refractivity contribution is 5.47. The third kappa shape index (κ3) is 2.16. The van der Waals surface area contributed by atoms with E-state index in [1.165, 1.54) is 0 Å². The van der Waals surface area contributed by atoms with Gasteiger partial charge in [-0.05, 0) is 0 Å². The first-order valence-electron chi connectivity index (χ1n) is 5.91. The molecule has 0 aliphatic carbocycles. The molecule has 0 fully saturated rings. The Morgan fingerprint density at radius 3 is 2.18 bits per heavy atom. The van der Waals surface area contributed by atoms with Gasteiger partial charge in [-0.25, -0.2) is 0 Å². The molecule has 0 saturated heterocycles. The second-order valence-electron chi connectivity index (χ2n) is 6.54. The van der Waals surface area contributed by atoms with Crippen molar-refractivity contribution < 1.29 is 0 Å². The summed E-state index contributed by atoms with van der Waals surface area (Å²) in [5.41, 5.74) is 2.91. The summed E-state index contributed by atoms with van der Waals surface area (Å²) in [7, 11) is 0. The molecule has 2 heterocycles. The Labute approximate surface area is 102 Å². The minimum absolute atomic E-state index is 0.0262. The molecule has 0 aromatic carbocycles. The lowest BCUT2D eigenvalue weighted by Gasteiger charge is -2.23. The maximum absolute atomic E-state index is 4.79. The van der Waals surface area contributed by atoms with Crippen molar-refractivity contribution in [1.82, 2.24) is 19.6 Å². The van der Waals surface area contributed by atoms with Crippen molar-refractivity contribution in [1.29, 1.82) is 0 Å². The lowest BCUT2D eigenvalue weighted by molar-refractivity contribution is 0.528. The molecule has 2 aromatic heterocycles. The van der Waals surface area contributed by atoms with Crippen LogP contribution in [0.3, 0.4) is 0 Å². The zero-order chi connectivity index (χ0) is 12.8. The smallest absolute Gasteiger partial charge is 0.182 e. The molecule has 92 valence electrons. The highest BCUT2D eigenvalue weighted by Gasteiger charge is 2.25. The fraction of sp³-hybridized carbons (Fsp3) is 0.615. The molecule has 2 aromatic rings. The maximum Gasteiger partial charge on any atom is 0.182 e. The normalized spacial score (nSPS) is 13.3. The van der Waals surface area contributed by atoms with Crippen LogP contribution in [-0.2, 0) is 10.8 Å². The van der Waals surface area contributed by atoms with E-state index in [9.17, 15) is 0 Å². The van der Waals surface area contributed by atoms with E-state index >= 15 is 0 Å². The highest BCUT2D eigenvalue weighted by Crippen LogP contribution is 2.27. The van der Waals surface area contributed by atoms with E-state index in [1.54, 1.807) is 6.33 Å². The first-order valence-corrected chi connectivity index (χ1v) is 5.91. The zero-order valence-electron chi connectivity index (χ0n) is 11.4. The van der Waals surface area contributed by atoms with Crippen LogP contribution < -0.4 is 0 Å². The van der Waals surface area contributed by atoms with Crippen molar-refractivity contribution in [2.75, 3.05) is 0 Å². The quantitative estimate of drug-likeness (QED) is 0.701. The second-order valence-corrected chi connectivity index (χ2v) is 6.54. The van der Waals surface area contributed by atoms with Gasteiger partial charge in [-0.15, -0.1) is 10.2 Å². The fourth-order valence-electron chi connectivity index (χ4n) is 1.70. The summed E-state index contributed by atoms with van der Waals surface area (Å²) in [6, 6.07) is 0. The lowest BCUT2D eigenvalue weighted by atomic mass is 9.89. The number of hydrogen-bond acceptors (Lipinski definition) is 3. The first kappa shape index (κ1) is 12.0. The zero-order valence-corrected chi connectivity index (χ0v) is 11.4. The molecule has 0 saturated carbocycles. The number of fused-ring (bicyclic) bond motifs is 1. The molecule has 0 radical (unpaired) electrons. The molecule has 0 spiro atoms. The van der Waals surface area contributed by atoms with Gasteiger partial charge in [-0.3, -0.25) is 9.38 Å². The van der Waals surface area contributed by atoms with E-state index in [1.807, 2.05) is 10.6 Å². The third-order valence-electron chi connectivity index (χ3n) is 2.76. The highest BCUT2D eigenvalue weighted by atomic mass is 15.2. The average Bonchev–Trinajstić information content (AvgIpc) is 2.59. The summed E-state index contributed by atoms with van der Waals surface area (Å²) >= 11 is 0. The molecule has 17 heavy (non-hydrogen) atoms. The van der Waals surface area contributed by atoms with Gasteiger partial charge in [0.05, 0.1) is 11.4 Å². The SMILES string of the molecule is CC(C)(C)c1cn2cnnc2c(C(C)(C)C)n1. The van der Waals surface area contributed by atoms with E-state index in [2.05, 4.69) is 51.7 Å². The molecule has 0 bridgehead atoms. The van der Waals surface area contributed by atoms with Gasteiger partial charge in [0.15, 0.2) is 5.65 Å². The largest absolute Gasteiger partial charge is 0.286 e. The Bertz CT molecular complexity index is 541. The summed E-state index contributed by atoms with van der Waals surface area (Å²) in [6.07, 6.45) is 3.76. The van der Waals surface area contributed by atoms with Crippen LogP contribution in [0.1, 0.15) is 52.9 Å². The number of nitrogens with zero attached hydrogens (tertiary/aromatic N) is 4. The first-order chi connectivity index (χ1) is 7.69. The van der Waals surface area contributed by atoms with Gasteiger partial charge in [0, 0.05) is 17.0 Å². The van der Waals surface area contributed by atoms with Crippen LogP contribution >= 0.6 is 0 Å². The van der Waals surface area contributed by atoms with Crippen molar-refractivity contribution in [3.05, 3.63) is 23.9 Å². The lowest BCUT2D eigenvalue weighted by Crippen LogP contribution is -2.21. The summed E-state index contributed by atoms with van der Waals surface area (Å²) in [5.74, 6) is 0. The molecule has 0 aliphatic heterocycles. The Morgan fingerprint density at radius 1 is 1.00 bits per heavy atom. The maximum atomic E-state index is 4.79. The van der Waals surface area contributed by atoms with Crippen molar-refractivity contribution in [2.24, 2.45) is 0 Å². The second kappa shape index (κ2) is 3.52. The topological polar surface area (TPSA) is 43.1 Å². The predicted octanol–water partition coefficient (Wildman–Crippen LogP) is 2.72. The summed E-state index contributed by atoms with van der Waals surface area (Å²) in [4.78, 5) is 4.79. The van der Waals surface area contributed by atoms with Crippen molar-refractivity contribution >= 4 is 5.65 Å². The van der Waals surface area contributed by atoms with Crippen LogP contribution in [0.2, 0.25) is 0 Å². The van der Waals surface area contributed by atoms with E-state index in [0.717, 1.165) is 17.0 Å². The summed E-state index contributed by atoms with van der Waals surface area (Å²) in [5, 5.41) is 8.13. The van der Waals surface area contributed by atoms with Gasteiger partial charge in [-0.1, -0.05) is 41.5 Å². The van der Waals surface area contributed by atoms with E-state index < -0.39 is 0 Å². The van der Waals surface area contributed by atoms with Crippen LogP contribution in [0.15, 0.2) is 12.5 Å². The molecule has 4 nitrogen and oxygen atoms in total. The predicted molar refractivity (Wildman–Crippen MR) is 68.2 cm³/mol. The Kier molecular flexibility index (Phi) is 2.49. The number of rotatable bonds is 0. The van der Waals surface area contributed by atoms with Gasteiger partial charge < -0.3 is 0 Å². The molecule has 0 N–H and O–H groups in total. The number of aromatic nitrogens is 4. The molecule has 0 amide bonds. The molecule has 2 rings (SSSR count). The van der Waals surface area contributed by atoms with Crippen LogP contribution in [0.4, 0.5) is 0 Å². The van der Waals surface area contributed by atoms with Gasteiger partial charge in [0.25, 0.3) is 0 Å². The van der Waals surface area contributed by atoms with Gasteiger partial charge in [-0.2, -0.15) is 0 Å². The monoisotopic (exact) mass is 232 g/mol. The summed E-state index contributed by atoms with van der Waals surface area (Å²) < 4.78 is 1.97. The molecule has 0 atom stereocenters. The standard InChI is InChI=1S/C13H20N4/c1-12(2,3)9-7-17-8-14-16-11(17)10(15-9)13(4,5)6/h7-8H,1-6H3. The Hall–Kier alpha value is -1.45. The fourth-order valence-corrected chi connectivity index (χ4v) is 1.70. The van der Waals surface area contributed by atoms with E-state index in [-0.39, 0.29) is 10.8 Å². The van der Waals surface area contributed by atoms with Gasteiger partial charge >= 0.3 is 0 Å². The van der Waals surface area contributed by atoms with Crippen molar-refractivity contribution in [2.45, 2.75) is 52.4 Å². The van der Waals surface area contributed by atoms with Crippen LogP contribution in [0.25, 0.3) is 5.65 Å². The van der Waals surface area contributed by atoms with Crippen molar-refractivity contribution in [3.8, 4) is 0 Å². The number of hydrogen-bond donors (Lipinski definition) is 0. The van der Waals surface area contributed by atoms with Gasteiger partial charge in [0.2, 0.25) is 0 Å². The van der Waals surface area contributed by atoms with Gasteiger partial charge in [0.1, 0.15) is 6.33 Å². The third-order valence-corrected chi connectivity index (χ3v) is 2.76. The molecular weight excluding hydrogens is 212 g/mol. The average molecular weight is 232 g/mol. The van der Waals surface area contributed by atoms with Crippen LogP contribution in [0, 0.1) is 0 Å². The molecule has 0 unspecified atom stereocenters. The van der Waals surface area contributed by atoms with Crippen molar-refractivity contribution in [3.63, 3.8) is 0 Å². The van der Waals surface area contributed by atoms with E-state index in [4.69, 9.17) is 4.98 Å². The minimum atomic E-state index is -0.0322. The van der Waals surface area contributed by atoms with Crippen LogP contribution in [-0.4, -0.2) is 19.6 Å². The Balaban J connectivity index is 2.76. The Morgan fingerprint density at radius 2 is 1.65 bits per heavy atom. The van der Waals surface area contributed by atoms with E-state index in [0.29, 0.717) is 0 Å².